The van der Waals surface area contributed by atoms with E-state index in [9.17, 15) is 14.9 Å². The highest BCUT2D eigenvalue weighted by atomic mass is 16.6. The fourth-order valence-electron chi connectivity index (χ4n) is 2.98. The minimum absolute atomic E-state index is 0.0657. The van der Waals surface area contributed by atoms with Gasteiger partial charge in [0.25, 0.3) is 0 Å². The molecule has 0 spiro atoms. The van der Waals surface area contributed by atoms with Crippen LogP contribution in [-0.2, 0) is 9.53 Å². The molecule has 2 amide bonds. The minimum atomic E-state index is -0.709. The SMILES string of the molecule is COc1ccc(N2CC[C@H](NC(=O)[C@H](C)NC(=O)OC(C)(C)C)C2)c(C#N)c1. The monoisotopic (exact) mass is 388 g/mol. The average Bonchev–Trinajstić information content (AvgIpc) is 3.07. The molecule has 1 heterocycles. The number of nitrogens with one attached hydrogen (secondary N) is 2. The zero-order valence-electron chi connectivity index (χ0n) is 17.0. The van der Waals surface area contributed by atoms with Crippen molar-refractivity contribution in [2.24, 2.45) is 0 Å². The Hall–Kier alpha value is -2.95. The van der Waals surface area contributed by atoms with Crippen LogP contribution in [0.25, 0.3) is 0 Å². The largest absolute Gasteiger partial charge is 0.497 e. The summed E-state index contributed by atoms with van der Waals surface area (Å²) in [5.41, 5.74) is 0.731. The lowest BCUT2D eigenvalue weighted by Crippen LogP contribution is -2.49. The summed E-state index contributed by atoms with van der Waals surface area (Å²) in [6.45, 7) is 8.21. The van der Waals surface area contributed by atoms with Crippen molar-refractivity contribution in [3.05, 3.63) is 23.8 Å². The fraction of sp³-hybridized carbons (Fsp3) is 0.550. The first-order valence-electron chi connectivity index (χ1n) is 9.26. The van der Waals surface area contributed by atoms with Gasteiger partial charge in [0.2, 0.25) is 5.91 Å². The van der Waals surface area contributed by atoms with E-state index in [1.165, 1.54) is 0 Å². The highest BCUT2D eigenvalue weighted by Crippen LogP contribution is 2.27. The Morgan fingerprint density at radius 2 is 2.07 bits per heavy atom. The van der Waals surface area contributed by atoms with E-state index in [1.54, 1.807) is 40.9 Å². The Kier molecular flexibility index (Phi) is 6.73. The summed E-state index contributed by atoms with van der Waals surface area (Å²) in [6, 6.07) is 6.79. The summed E-state index contributed by atoms with van der Waals surface area (Å²) >= 11 is 0. The van der Waals surface area contributed by atoms with Crippen LogP contribution in [0.3, 0.4) is 0 Å². The van der Waals surface area contributed by atoms with Gasteiger partial charge >= 0.3 is 6.09 Å². The molecular formula is C20H28N4O4. The molecule has 0 bridgehead atoms. The summed E-state index contributed by atoms with van der Waals surface area (Å²) in [6.07, 6.45) is 0.127. The number of carbonyl (C=O) groups is 2. The molecule has 152 valence electrons. The summed E-state index contributed by atoms with van der Waals surface area (Å²) in [7, 11) is 1.56. The molecule has 1 saturated heterocycles. The number of nitriles is 1. The number of nitrogens with zero attached hydrogens (tertiary/aromatic N) is 2. The second kappa shape index (κ2) is 8.83. The van der Waals surface area contributed by atoms with E-state index in [0.717, 1.165) is 18.7 Å². The van der Waals surface area contributed by atoms with Crippen LogP contribution in [0, 0.1) is 11.3 Å². The normalized spacial score (nSPS) is 17.4. The van der Waals surface area contributed by atoms with Crippen molar-refractivity contribution >= 4 is 17.7 Å². The summed E-state index contributed by atoms with van der Waals surface area (Å²) in [5.74, 6) is 0.360. The molecule has 0 radical (unpaired) electrons. The smallest absolute Gasteiger partial charge is 0.408 e. The minimum Gasteiger partial charge on any atom is -0.497 e. The molecule has 0 aliphatic carbocycles. The lowest BCUT2D eigenvalue weighted by molar-refractivity contribution is -0.123. The van der Waals surface area contributed by atoms with Crippen molar-refractivity contribution in [2.75, 3.05) is 25.1 Å². The van der Waals surface area contributed by atoms with Gasteiger partial charge in [0, 0.05) is 19.1 Å². The number of benzene rings is 1. The van der Waals surface area contributed by atoms with Crippen LogP contribution in [0.15, 0.2) is 18.2 Å². The third-order valence-corrected chi connectivity index (χ3v) is 4.33. The van der Waals surface area contributed by atoms with Crippen molar-refractivity contribution in [1.29, 1.82) is 5.26 Å². The molecule has 0 unspecified atom stereocenters. The first-order chi connectivity index (χ1) is 13.1. The maximum absolute atomic E-state index is 12.4. The predicted molar refractivity (Wildman–Crippen MR) is 105 cm³/mol. The van der Waals surface area contributed by atoms with Crippen molar-refractivity contribution in [1.82, 2.24) is 10.6 Å². The molecule has 1 aromatic rings. The van der Waals surface area contributed by atoms with Gasteiger partial charge in [0.1, 0.15) is 23.5 Å². The highest BCUT2D eigenvalue weighted by Gasteiger charge is 2.28. The number of carbonyl (C=O) groups excluding carboxylic acids is 2. The van der Waals surface area contributed by atoms with E-state index in [-0.39, 0.29) is 11.9 Å². The zero-order valence-corrected chi connectivity index (χ0v) is 17.0. The van der Waals surface area contributed by atoms with Gasteiger partial charge in [0.15, 0.2) is 0 Å². The number of alkyl carbamates (subject to hydrolysis) is 1. The number of anilines is 1. The molecule has 28 heavy (non-hydrogen) atoms. The van der Waals surface area contributed by atoms with Crippen molar-refractivity contribution in [3.63, 3.8) is 0 Å². The number of hydrogen-bond acceptors (Lipinski definition) is 6. The first kappa shape index (κ1) is 21.4. The van der Waals surface area contributed by atoms with Gasteiger partial charge in [-0.3, -0.25) is 4.79 Å². The molecule has 0 aromatic heterocycles. The Labute approximate surface area is 165 Å². The van der Waals surface area contributed by atoms with E-state index in [2.05, 4.69) is 21.6 Å². The van der Waals surface area contributed by atoms with E-state index in [0.29, 0.717) is 17.9 Å². The van der Waals surface area contributed by atoms with Crippen LogP contribution in [0.4, 0.5) is 10.5 Å². The third kappa shape index (κ3) is 5.78. The van der Waals surface area contributed by atoms with E-state index >= 15 is 0 Å². The summed E-state index contributed by atoms with van der Waals surface area (Å²) < 4.78 is 10.3. The van der Waals surface area contributed by atoms with Gasteiger partial charge in [-0.15, -0.1) is 0 Å². The fourth-order valence-corrected chi connectivity index (χ4v) is 2.98. The quantitative estimate of drug-likeness (QED) is 0.801. The Morgan fingerprint density at radius 1 is 1.36 bits per heavy atom. The number of rotatable bonds is 5. The lowest BCUT2D eigenvalue weighted by Gasteiger charge is -2.23. The Morgan fingerprint density at radius 3 is 2.68 bits per heavy atom. The maximum Gasteiger partial charge on any atom is 0.408 e. The first-order valence-corrected chi connectivity index (χ1v) is 9.26. The molecule has 8 heteroatoms. The van der Waals surface area contributed by atoms with Crippen LogP contribution in [-0.4, -0.2) is 49.9 Å². The molecule has 0 saturated carbocycles. The molecule has 2 rings (SSSR count). The van der Waals surface area contributed by atoms with Gasteiger partial charge in [-0.2, -0.15) is 5.26 Å². The van der Waals surface area contributed by atoms with Crippen molar-refractivity contribution < 1.29 is 19.1 Å². The van der Waals surface area contributed by atoms with Crippen LogP contribution in [0.1, 0.15) is 39.7 Å². The molecule has 1 aliphatic rings. The highest BCUT2D eigenvalue weighted by molar-refractivity contribution is 5.85. The van der Waals surface area contributed by atoms with Crippen LogP contribution in [0.5, 0.6) is 5.75 Å². The Balaban J connectivity index is 1.91. The van der Waals surface area contributed by atoms with E-state index < -0.39 is 17.7 Å². The maximum atomic E-state index is 12.4. The molecule has 2 atom stereocenters. The second-order valence-corrected chi connectivity index (χ2v) is 7.80. The number of amides is 2. The molecule has 1 fully saturated rings. The average molecular weight is 388 g/mol. The molecule has 8 nitrogen and oxygen atoms in total. The second-order valence-electron chi connectivity index (χ2n) is 7.80. The van der Waals surface area contributed by atoms with Gasteiger partial charge in [-0.05, 0) is 52.3 Å². The van der Waals surface area contributed by atoms with E-state index in [4.69, 9.17) is 9.47 Å². The number of ether oxygens (including phenoxy) is 2. The lowest BCUT2D eigenvalue weighted by atomic mass is 10.1. The summed E-state index contributed by atoms with van der Waals surface area (Å²) in [4.78, 5) is 26.3. The number of hydrogen-bond donors (Lipinski definition) is 2. The molecule has 1 aliphatic heterocycles. The Bertz CT molecular complexity index is 766. The van der Waals surface area contributed by atoms with Gasteiger partial charge in [0.05, 0.1) is 18.4 Å². The third-order valence-electron chi connectivity index (χ3n) is 4.33. The topological polar surface area (TPSA) is 104 Å². The van der Waals surface area contributed by atoms with Crippen molar-refractivity contribution in [2.45, 2.75) is 51.8 Å². The zero-order chi connectivity index (χ0) is 20.9. The van der Waals surface area contributed by atoms with Gasteiger partial charge in [-0.1, -0.05) is 0 Å². The van der Waals surface area contributed by atoms with Crippen LogP contribution >= 0.6 is 0 Å². The molecule has 2 N–H and O–H groups in total. The van der Waals surface area contributed by atoms with Gasteiger partial charge in [-0.25, -0.2) is 4.79 Å². The predicted octanol–water partition coefficient (Wildman–Crippen LogP) is 2.17. The standard InChI is InChI=1S/C20H28N4O4/c1-13(22-19(26)28-20(2,3)4)18(25)23-15-8-9-24(12-15)17-7-6-16(27-5)10-14(17)11-21/h6-7,10,13,15H,8-9,12H2,1-5H3,(H,22,26)(H,23,25)/t13-,15-/m0/s1. The van der Waals surface area contributed by atoms with Crippen LogP contribution in [0.2, 0.25) is 0 Å². The van der Waals surface area contributed by atoms with Gasteiger partial charge < -0.3 is 25.0 Å². The van der Waals surface area contributed by atoms with E-state index in [1.807, 2.05) is 12.1 Å². The molecule has 1 aromatic carbocycles. The molecular weight excluding hydrogens is 360 g/mol. The van der Waals surface area contributed by atoms with Crippen LogP contribution < -0.4 is 20.3 Å². The summed E-state index contributed by atoms with van der Waals surface area (Å²) in [5, 5.41) is 14.9. The van der Waals surface area contributed by atoms with Crippen molar-refractivity contribution in [3.8, 4) is 11.8 Å². The number of methoxy groups -OCH3 is 1.